The molecular formula is C17H28N6OS. The van der Waals surface area contributed by atoms with Crippen LogP contribution in [0.5, 0.6) is 0 Å². The van der Waals surface area contributed by atoms with Crippen LogP contribution in [0.2, 0.25) is 0 Å². The molecule has 1 aromatic heterocycles. The van der Waals surface area contributed by atoms with Gasteiger partial charge in [0.15, 0.2) is 5.96 Å². The maximum Gasteiger partial charge on any atom is 0.239 e. The number of nitrogens with one attached hydrogen (secondary N) is 1. The lowest BCUT2D eigenvalue weighted by Crippen LogP contribution is -2.57. The predicted octanol–water partition coefficient (Wildman–Crippen LogP) is 0.847. The number of guanidine groups is 1. The van der Waals surface area contributed by atoms with Crippen molar-refractivity contribution in [2.75, 3.05) is 46.3 Å². The zero-order valence-electron chi connectivity index (χ0n) is 15.1. The lowest BCUT2D eigenvalue weighted by Gasteiger charge is -2.39. The SMILES string of the molecule is CN=C(NCc1nccs1)N1CCN(C(C)C(=O)N2CCCC2)CC1. The highest BCUT2D eigenvalue weighted by Gasteiger charge is 2.30. The third-order valence-electron chi connectivity index (χ3n) is 5.03. The number of aromatic nitrogens is 1. The minimum Gasteiger partial charge on any atom is -0.350 e. The van der Waals surface area contributed by atoms with Crippen LogP contribution >= 0.6 is 11.3 Å². The second-order valence-electron chi connectivity index (χ2n) is 6.56. The number of carbonyl (C=O) groups is 1. The van der Waals surface area contributed by atoms with Gasteiger partial charge < -0.3 is 15.1 Å². The molecule has 1 unspecified atom stereocenters. The van der Waals surface area contributed by atoms with Gasteiger partial charge in [-0.15, -0.1) is 11.3 Å². The molecule has 0 saturated carbocycles. The normalized spacial score (nSPS) is 20.8. The molecule has 0 aromatic carbocycles. The number of aliphatic imine (C=N–C) groups is 1. The van der Waals surface area contributed by atoms with Crippen molar-refractivity contribution in [2.45, 2.75) is 32.4 Å². The van der Waals surface area contributed by atoms with Gasteiger partial charge in [0.05, 0.1) is 12.6 Å². The van der Waals surface area contributed by atoms with Gasteiger partial charge in [-0.3, -0.25) is 14.7 Å². The van der Waals surface area contributed by atoms with Crippen molar-refractivity contribution >= 4 is 23.2 Å². The summed E-state index contributed by atoms with van der Waals surface area (Å²) >= 11 is 1.64. The number of carbonyl (C=O) groups excluding carboxylic acids is 1. The molecule has 25 heavy (non-hydrogen) atoms. The molecule has 1 amide bonds. The Morgan fingerprint density at radius 2 is 1.96 bits per heavy atom. The number of piperazine rings is 1. The maximum atomic E-state index is 12.6. The summed E-state index contributed by atoms with van der Waals surface area (Å²) in [5.41, 5.74) is 0. The summed E-state index contributed by atoms with van der Waals surface area (Å²) in [4.78, 5) is 27.8. The van der Waals surface area contributed by atoms with Crippen molar-refractivity contribution in [3.63, 3.8) is 0 Å². The lowest BCUT2D eigenvalue weighted by atomic mass is 10.2. The standard InChI is InChI=1S/C17H28N6OS/c1-14(16(24)22-6-3-4-7-22)21-8-10-23(11-9-21)17(18-2)20-13-15-19-5-12-25-15/h5,12,14H,3-4,6-11,13H2,1-2H3,(H,18,20). The molecule has 1 aromatic rings. The number of hydrogen-bond acceptors (Lipinski definition) is 5. The van der Waals surface area contributed by atoms with Crippen LogP contribution < -0.4 is 5.32 Å². The fraction of sp³-hybridized carbons (Fsp3) is 0.706. The molecule has 138 valence electrons. The second-order valence-corrected chi connectivity index (χ2v) is 7.54. The van der Waals surface area contributed by atoms with Crippen LogP contribution in [0.3, 0.4) is 0 Å². The van der Waals surface area contributed by atoms with E-state index in [0.717, 1.165) is 63.1 Å². The Bertz CT molecular complexity index is 576. The Kier molecular flexibility index (Phi) is 6.25. The monoisotopic (exact) mass is 364 g/mol. The number of rotatable bonds is 4. The molecule has 2 fully saturated rings. The number of nitrogens with zero attached hydrogens (tertiary/aromatic N) is 5. The van der Waals surface area contributed by atoms with Crippen molar-refractivity contribution in [2.24, 2.45) is 4.99 Å². The van der Waals surface area contributed by atoms with E-state index >= 15 is 0 Å². The number of thiazole rings is 1. The number of amides is 1. The topological polar surface area (TPSA) is 64.1 Å². The van der Waals surface area contributed by atoms with Gasteiger partial charge >= 0.3 is 0 Å². The van der Waals surface area contributed by atoms with E-state index in [4.69, 9.17) is 0 Å². The molecule has 2 saturated heterocycles. The Morgan fingerprint density at radius 1 is 1.24 bits per heavy atom. The average Bonchev–Trinajstić information content (AvgIpc) is 3.35. The molecule has 2 aliphatic heterocycles. The first-order chi connectivity index (χ1) is 12.2. The lowest BCUT2D eigenvalue weighted by molar-refractivity contribution is -0.135. The predicted molar refractivity (Wildman–Crippen MR) is 101 cm³/mol. The van der Waals surface area contributed by atoms with E-state index in [1.165, 1.54) is 0 Å². The molecule has 3 heterocycles. The summed E-state index contributed by atoms with van der Waals surface area (Å²) in [5, 5.41) is 6.43. The molecule has 1 atom stereocenters. The zero-order valence-corrected chi connectivity index (χ0v) is 16.0. The fourth-order valence-corrected chi connectivity index (χ4v) is 4.06. The quantitative estimate of drug-likeness (QED) is 0.634. The minimum absolute atomic E-state index is 0.0226. The number of likely N-dealkylation sites (tertiary alicyclic amines) is 1. The molecule has 8 heteroatoms. The second kappa shape index (κ2) is 8.62. The van der Waals surface area contributed by atoms with Gasteiger partial charge in [-0.1, -0.05) is 0 Å². The molecule has 3 rings (SSSR count). The van der Waals surface area contributed by atoms with Crippen LogP contribution in [0.25, 0.3) is 0 Å². The smallest absolute Gasteiger partial charge is 0.239 e. The fourth-order valence-electron chi connectivity index (χ4n) is 3.51. The van der Waals surface area contributed by atoms with Crippen molar-refractivity contribution < 1.29 is 4.79 Å². The Labute approximate surface area is 153 Å². The third-order valence-corrected chi connectivity index (χ3v) is 5.81. The molecule has 0 spiro atoms. The van der Waals surface area contributed by atoms with Gasteiger partial charge in [-0.2, -0.15) is 0 Å². The molecule has 7 nitrogen and oxygen atoms in total. The van der Waals surface area contributed by atoms with Gasteiger partial charge in [0, 0.05) is 57.9 Å². The Hall–Kier alpha value is -1.67. The molecular weight excluding hydrogens is 336 g/mol. The minimum atomic E-state index is -0.0226. The molecule has 1 N–H and O–H groups in total. The third kappa shape index (κ3) is 4.49. The zero-order chi connectivity index (χ0) is 17.6. The first kappa shape index (κ1) is 18.1. The van der Waals surface area contributed by atoms with Gasteiger partial charge in [0.2, 0.25) is 5.91 Å². The first-order valence-electron chi connectivity index (χ1n) is 9.06. The van der Waals surface area contributed by atoms with E-state index < -0.39 is 0 Å². The first-order valence-corrected chi connectivity index (χ1v) is 9.94. The molecule has 0 aliphatic carbocycles. The molecule has 0 radical (unpaired) electrons. The summed E-state index contributed by atoms with van der Waals surface area (Å²) in [5.74, 6) is 1.20. The van der Waals surface area contributed by atoms with E-state index in [-0.39, 0.29) is 11.9 Å². The van der Waals surface area contributed by atoms with Crippen molar-refractivity contribution in [1.82, 2.24) is 25.0 Å². The highest BCUT2D eigenvalue weighted by atomic mass is 32.1. The highest BCUT2D eigenvalue weighted by Crippen LogP contribution is 2.14. The molecule has 2 aliphatic rings. The summed E-state index contributed by atoms with van der Waals surface area (Å²) < 4.78 is 0. The molecule has 0 bridgehead atoms. The van der Waals surface area contributed by atoms with Gasteiger partial charge in [-0.05, 0) is 19.8 Å². The Morgan fingerprint density at radius 3 is 2.56 bits per heavy atom. The average molecular weight is 365 g/mol. The van der Waals surface area contributed by atoms with Crippen LogP contribution in [0.1, 0.15) is 24.8 Å². The maximum absolute atomic E-state index is 12.6. The summed E-state index contributed by atoms with van der Waals surface area (Å²) in [6.07, 6.45) is 4.11. The van der Waals surface area contributed by atoms with Crippen molar-refractivity contribution in [3.8, 4) is 0 Å². The van der Waals surface area contributed by atoms with Crippen LogP contribution in [-0.4, -0.2) is 83.9 Å². The van der Waals surface area contributed by atoms with Gasteiger partial charge in [-0.25, -0.2) is 4.98 Å². The van der Waals surface area contributed by atoms with Crippen molar-refractivity contribution in [1.29, 1.82) is 0 Å². The van der Waals surface area contributed by atoms with E-state index in [0.29, 0.717) is 6.54 Å². The van der Waals surface area contributed by atoms with Crippen molar-refractivity contribution in [3.05, 3.63) is 16.6 Å². The van der Waals surface area contributed by atoms with Gasteiger partial charge in [0.25, 0.3) is 0 Å². The van der Waals surface area contributed by atoms with E-state index in [9.17, 15) is 4.79 Å². The van der Waals surface area contributed by atoms with Crippen LogP contribution in [0.4, 0.5) is 0 Å². The van der Waals surface area contributed by atoms with Crippen LogP contribution in [-0.2, 0) is 11.3 Å². The van der Waals surface area contributed by atoms with E-state index in [1.807, 2.05) is 30.4 Å². The van der Waals surface area contributed by atoms with Gasteiger partial charge in [0.1, 0.15) is 5.01 Å². The summed E-state index contributed by atoms with van der Waals surface area (Å²) in [7, 11) is 1.82. The van der Waals surface area contributed by atoms with E-state index in [1.54, 1.807) is 11.3 Å². The van der Waals surface area contributed by atoms with Crippen LogP contribution in [0, 0.1) is 0 Å². The highest BCUT2D eigenvalue weighted by molar-refractivity contribution is 7.09. The summed E-state index contributed by atoms with van der Waals surface area (Å²) in [6, 6.07) is -0.0226. The largest absolute Gasteiger partial charge is 0.350 e. The van der Waals surface area contributed by atoms with E-state index in [2.05, 4.69) is 25.1 Å². The number of hydrogen-bond donors (Lipinski definition) is 1. The summed E-state index contributed by atoms with van der Waals surface area (Å²) in [6.45, 7) is 8.15. The van der Waals surface area contributed by atoms with Crippen LogP contribution in [0.15, 0.2) is 16.6 Å². The Balaban J connectivity index is 1.47.